The van der Waals surface area contributed by atoms with Crippen molar-refractivity contribution in [2.45, 2.75) is 31.8 Å². The van der Waals surface area contributed by atoms with Gasteiger partial charge in [-0.3, -0.25) is 9.36 Å². The van der Waals surface area contributed by atoms with Gasteiger partial charge in [0, 0.05) is 39.7 Å². The Bertz CT molecular complexity index is 1180. The molecule has 1 aliphatic heterocycles. The van der Waals surface area contributed by atoms with E-state index in [4.69, 9.17) is 9.47 Å². The average Bonchev–Trinajstić information content (AvgIpc) is 3.52. The summed E-state index contributed by atoms with van der Waals surface area (Å²) in [6.07, 6.45) is 2.43. The number of hydrogen-bond acceptors (Lipinski definition) is 8. The van der Waals surface area contributed by atoms with Crippen molar-refractivity contribution in [3.63, 3.8) is 0 Å². The van der Waals surface area contributed by atoms with Crippen LogP contribution in [0.5, 0.6) is 0 Å². The van der Waals surface area contributed by atoms with Gasteiger partial charge < -0.3 is 14.6 Å². The van der Waals surface area contributed by atoms with Crippen LogP contribution in [-0.4, -0.2) is 44.4 Å². The molecular formula is C21H19N3O4S2. The molecule has 0 amide bonds. The van der Waals surface area contributed by atoms with Gasteiger partial charge in [0.2, 0.25) is 0 Å². The van der Waals surface area contributed by atoms with Crippen LogP contribution >= 0.6 is 22.7 Å². The van der Waals surface area contributed by atoms with E-state index >= 15 is 0 Å². The van der Waals surface area contributed by atoms with Crippen LogP contribution < -0.4 is 0 Å². The summed E-state index contributed by atoms with van der Waals surface area (Å²) in [5.74, 6) is -0.391. The molecule has 0 spiro atoms. The Hall–Kier alpha value is -2.59. The van der Waals surface area contributed by atoms with Gasteiger partial charge in [-0.05, 0) is 29.6 Å². The molecule has 4 aromatic rings. The molecule has 0 aliphatic carbocycles. The summed E-state index contributed by atoms with van der Waals surface area (Å²) < 4.78 is 13.1. The maximum atomic E-state index is 11.4. The van der Waals surface area contributed by atoms with Gasteiger partial charge >= 0.3 is 5.97 Å². The number of ether oxygens (including phenoxy) is 2. The molecule has 5 rings (SSSR count). The molecule has 30 heavy (non-hydrogen) atoms. The Labute approximate surface area is 180 Å². The van der Waals surface area contributed by atoms with Crippen molar-refractivity contribution >= 4 is 39.8 Å². The quantitative estimate of drug-likeness (QED) is 0.469. The van der Waals surface area contributed by atoms with Crippen LogP contribution in [0.3, 0.4) is 0 Å². The summed E-state index contributed by atoms with van der Waals surface area (Å²) in [6.45, 7) is 1.13. The van der Waals surface area contributed by atoms with Gasteiger partial charge in [-0.2, -0.15) is 0 Å². The second kappa shape index (κ2) is 7.92. The molecule has 0 aromatic carbocycles. The lowest BCUT2D eigenvalue weighted by Gasteiger charge is -2.15. The normalized spacial score (nSPS) is 21.3. The lowest BCUT2D eigenvalue weighted by Crippen LogP contribution is -2.29. The fourth-order valence-corrected chi connectivity index (χ4v) is 5.62. The number of rotatable bonds is 5. The van der Waals surface area contributed by atoms with Crippen molar-refractivity contribution in [1.29, 1.82) is 0 Å². The summed E-state index contributed by atoms with van der Waals surface area (Å²) >= 11 is 3.44. The number of aromatic nitrogens is 3. The molecule has 5 heterocycles. The molecule has 0 bridgehead atoms. The minimum Gasteiger partial charge on any atom is -0.460 e. The topological polar surface area (TPSA) is 86.5 Å². The first kappa shape index (κ1) is 19.4. The molecule has 4 aromatic heterocycles. The summed E-state index contributed by atoms with van der Waals surface area (Å²) in [4.78, 5) is 24.1. The smallest absolute Gasteiger partial charge is 0.302 e. The van der Waals surface area contributed by atoms with Gasteiger partial charge in [-0.1, -0.05) is 6.07 Å². The summed E-state index contributed by atoms with van der Waals surface area (Å²) in [5, 5.41) is 11.7. The Morgan fingerprint density at radius 3 is 2.90 bits per heavy atom. The van der Waals surface area contributed by atoms with Crippen LogP contribution in [0.15, 0.2) is 48.2 Å². The number of imidazole rings is 1. The minimum absolute atomic E-state index is 0.222. The first-order valence-corrected chi connectivity index (χ1v) is 11.2. The molecule has 1 saturated heterocycles. The van der Waals surface area contributed by atoms with Gasteiger partial charge in [-0.15, -0.1) is 22.7 Å². The number of esters is 1. The number of aliphatic hydroxyl groups excluding tert-OH is 1. The Morgan fingerprint density at radius 1 is 1.27 bits per heavy atom. The largest absolute Gasteiger partial charge is 0.460 e. The maximum absolute atomic E-state index is 11.4. The standard InChI is InChI=1S/C21H19N3O4S2/c1-12(26)27-14-9-19(28-15(14)10-25)24-11-23-20-13(6-7-22-21(20)24)16-4-5-18(30-16)17-3-2-8-29-17/h2-8,11,14-15,19,25H,9-10H2,1H3/t14?,15-,19-/m1/s1. The van der Waals surface area contributed by atoms with E-state index in [0.29, 0.717) is 12.1 Å². The highest BCUT2D eigenvalue weighted by Gasteiger charge is 2.38. The summed E-state index contributed by atoms with van der Waals surface area (Å²) in [7, 11) is 0. The average molecular weight is 442 g/mol. The van der Waals surface area contributed by atoms with Crippen molar-refractivity contribution in [3.8, 4) is 20.2 Å². The molecule has 9 heteroatoms. The minimum atomic E-state index is -0.565. The fraction of sp³-hybridized carbons (Fsp3) is 0.286. The first-order valence-electron chi connectivity index (χ1n) is 9.53. The highest BCUT2D eigenvalue weighted by molar-refractivity contribution is 7.23. The lowest BCUT2D eigenvalue weighted by atomic mass is 10.2. The van der Waals surface area contributed by atoms with Crippen LogP contribution in [0, 0.1) is 0 Å². The first-order chi connectivity index (χ1) is 14.6. The van der Waals surface area contributed by atoms with Crippen LogP contribution in [0.25, 0.3) is 31.4 Å². The zero-order valence-electron chi connectivity index (χ0n) is 16.1. The Balaban J connectivity index is 1.48. The van der Waals surface area contributed by atoms with E-state index in [9.17, 15) is 9.90 Å². The third-order valence-corrected chi connectivity index (χ3v) is 7.27. The number of thiophene rings is 2. The van der Waals surface area contributed by atoms with E-state index in [1.807, 2.05) is 10.6 Å². The molecule has 0 saturated carbocycles. The van der Waals surface area contributed by atoms with E-state index in [1.165, 1.54) is 16.7 Å². The fourth-order valence-electron chi connectivity index (χ4n) is 3.75. The number of carbonyl (C=O) groups is 1. The number of hydrogen-bond donors (Lipinski definition) is 1. The zero-order valence-corrected chi connectivity index (χ0v) is 17.7. The highest BCUT2D eigenvalue weighted by Crippen LogP contribution is 2.39. The summed E-state index contributed by atoms with van der Waals surface area (Å²) in [6, 6.07) is 10.4. The number of pyridine rings is 1. The third-order valence-electron chi connectivity index (χ3n) is 5.08. The number of carbonyl (C=O) groups excluding carboxylic acids is 1. The second-order valence-corrected chi connectivity index (χ2v) is 9.05. The molecule has 1 fully saturated rings. The van der Waals surface area contributed by atoms with E-state index in [-0.39, 0.29) is 6.61 Å². The van der Waals surface area contributed by atoms with E-state index < -0.39 is 24.4 Å². The van der Waals surface area contributed by atoms with Gasteiger partial charge in [0.05, 0.1) is 12.9 Å². The molecule has 7 nitrogen and oxygen atoms in total. The van der Waals surface area contributed by atoms with Gasteiger partial charge in [-0.25, -0.2) is 9.97 Å². The van der Waals surface area contributed by atoms with Crippen molar-refractivity contribution in [3.05, 3.63) is 48.2 Å². The van der Waals surface area contributed by atoms with E-state index in [1.54, 1.807) is 35.2 Å². The molecule has 1 aliphatic rings. The van der Waals surface area contributed by atoms with Gasteiger partial charge in [0.15, 0.2) is 5.65 Å². The molecule has 1 unspecified atom stereocenters. The summed E-state index contributed by atoms with van der Waals surface area (Å²) in [5.41, 5.74) is 2.50. The highest BCUT2D eigenvalue weighted by atomic mass is 32.1. The molecular weight excluding hydrogens is 422 g/mol. The van der Waals surface area contributed by atoms with Gasteiger partial charge in [0.1, 0.15) is 24.0 Å². The predicted octanol–water partition coefficient (Wildman–Crippen LogP) is 4.10. The van der Waals surface area contributed by atoms with E-state index in [2.05, 4.69) is 39.6 Å². The predicted molar refractivity (Wildman–Crippen MR) is 115 cm³/mol. The monoisotopic (exact) mass is 441 g/mol. The van der Waals surface area contributed by atoms with Crippen molar-refractivity contribution in [2.75, 3.05) is 6.61 Å². The number of fused-ring (bicyclic) bond motifs is 1. The van der Waals surface area contributed by atoms with Crippen LogP contribution in [0.1, 0.15) is 19.6 Å². The van der Waals surface area contributed by atoms with Crippen molar-refractivity contribution in [2.24, 2.45) is 0 Å². The SMILES string of the molecule is CC(=O)OC1C[C@H](n2cnc3c(-c4ccc(-c5cccs5)s4)ccnc32)O[C@@H]1CO. The van der Waals surface area contributed by atoms with Crippen molar-refractivity contribution in [1.82, 2.24) is 14.5 Å². The van der Waals surface area contributed by atoms with Gasteiger partial charge in [0.25, 0.3) is 0 Å². The third kappa shape index (κ3) is 3.43. The van der Waals surface area contributed by atoms with E-state index in [0.717, 1.165) is 16.0 Å². The molecule has 0 radical (unpaired) electrons. The van der Waals surface area contributed by atoms with Crippen LogP contribution in [0.4, 0.5) is 0 Å². The molecule has 1 N–H and O–H groups in total. The van der Waals surface area contributed by atoms with Crippen LogP contribution in [0.2, 0.25) is 0 Å². The Kier molecular flexibility index (Phi) is 5.11. The van der Waals surface area contributed by atoms with Crippen molar-refractivity contribution < 1.29 is 19.4 Å². The number of nitrogens with zero attached hydrogens (tertiary/aromatic N) is 3. The zero-order chi connectivity index (χ0) is 20.7. The second-order valence-electron chi connectivity index (χ2n) is 7.02. The van der Waals surface area contributed by atoms with Crippen LogP contribution in [-0.2, 0) is 14.3 Å². The number of aliphatic hydroxyl groups is 1. The Morgan fingerprint density at radius 2 is 2.13 bits per heavy atom. The lowest BCUT2D eigenvalue weighted by molar-refractivity contribution is -0.150. The maximum Gasteiger partial charge on any atom is 0.302 e. The molecule has 154 valence electrons. The molecule has 3 atom stereocenters.